The van der Waals surface area contributed by atoms with E-state index in [1.807, 2.05) is 30.5 Å². The third kappa shape index (κ3) is 2.87. The van der Waals surface area contributed by atoms with Gasteiger partial charge in [0.25, 0.3) is 0 Å². The highest BCUT2D eigenvalue weighted by atomic mass is 16.5. The van der Waals surface area contributed by atoms with E-state index in [4.69, 9.17) is 0 Å². The van der Waals surface area contributed by atoms with Crippen LogP contribution in [-0.4, -0.2) is 18.1 Å². The van der Waals surface area contributed by atoms with Crippen molar-refractivity contribution in [1.82, 2.24) is 4.98 Å². The Morgan fingerprint density at radius 3 is 2.65 bits per heavy atom. The molecule has 0 amide bonds. The second kappa shape index (κ2) is 5.21. The summed E-state index contributed by atoms with van der Waals surface area (Å²) in [6.07, 6.45) is 1.89. The van der Waals surface area contributed by atoms with Crippen molar-refractivity contribution < 1.29 is 9.53 Å². The summed E-state index contributed by atoms with van der Waals surface area (Å²) in [6.45, 7) is 0.727. The molecule has 0 radical (unpaired) electrons. The molecule has 0 aliphatic rings. The number of carbonyl (C=O) groups excluding carboxylic acids is 1. The van der Waals surface area contributed by atoms with Crippen molar-refractivity contribution in [3.63, 3.8) is 0 Å². The maximum atomic E-state index is 11.2. The molecule has 88 valence electrons. The van der Waals surface area contributed by atoms with Gasteiger partial charge in [-0.3, -0.25) is 0 Å². The smallest absolute Gasteiger partial charge is 0.337 e. The number of carbonyl (C=O) groups is 1. The molecule has 2 N–H and O–H groups in total. The van der Waals surface area contributed by atoms with Crippen LogP contribution in [0.5, 0.6) is 0 Å². The van der Waals surface area contributed by atoms with Crippen LogP contribution >= 0.6 is 0 Å². The number of aromatic amines is 1. The number of aromatic nitrogens is 1. The first-order valence-electron chi connectivity index (χ1n) is 5.34. The topological polar surface area (TPSA) is 54.1 Å². The molecule has 4 heteroatoms. The first-order chi connectivity index (χ1) is 8.29. The zero-order chi connectivity index (χ0) is 12.1. The second-order valence-corrected chi connectivity index (χ2v) is 3.62. The molecule has 4 nitrogen and oxygen atoms in total. The number of nitrogens with one attached hydrogen (secondary N) is 2. The molecule has 0 fully saturated rings. The Hall–Kier alpha value is -2.23. The number of methoxy groups -OCH3 is 1. The number of anilines is 1. The highest BCUT2D eigenvalue weighted by Gasteiger charge is 2.03. The lowest BCUT2D eigenvalue weighted by molar-refractivity contribution is 0.0601. The van der Waals surface area contributed by atoms with E-state index in [2.05, 4.69) is 15.0 Å². The highest BCUT2D eigenvalue weighted by molar-refractivity contribution is 5.89. The van der Waals surface area contributed by atoms with Crippen LogP contribution < -0.4 is 5.32 Å². The second-order valence-electron chi connectivity index (χ2n) is 3.62. The SMILES string of the molecule is COC(=O)c1ccc(NCc2ccc[nH]2)cc1. The molecule has 0 aliphatic carbocycles. The number of hydrogen-bond acceptors (Lipinski definition) is 3. The molecule has 2 rings (SSSR count). The van der Waals surface area contributed by atoms with Gasteiger partial charge in [-0.1, -0.05) is 0 Å². The molecule has 0 saturated carbocycles. The first kappa shape index (κ1) is 11.3. The maximum Gasteiger partial charge on any atom is 0.337 e. The molecular weight excluding hydrogens is 216 g/mol. The van der Waals surface area contributed by atoms with Crippen LogP contribution in [0.2, 0.25) is 0 Å². The molecule has 1 aromatic carbocycles. The number of ether oxygens (including phenoxy) is 1. The Morgan fingerprint density at radius 1 is 1.29 bits per heavy atom. The Morgan fingerprint density at radius 2 is 2.06 bits per heavy atom. The highest BCUT2D eigenvalue weighted by Crippen LogP contribution is 2.11. The fourth-order valence-corrected chi connectivity index (χ4v) is 1.52. The van der Waals surface area contributed by atoms with Crippen molar-refractivity contribution in [2.24, 2.45) is 0 Å². The van der Waals surface area contributed by atoms with E-state index in [1.54, 1.807) is 12.1 Å². The van der Waals surface area contributed by atoms with Crippen LogP contribution in [-0.2, 0) is 11.3 Å². The van der Waals surface area contributed by atoms with Gasteiger partial charge >= 0.3 is 5.97 Å². The van der Waals surface area contributed by atoms with Gasteiger partial charge in [-0.2, -0.15) is 0 Å². The summed E-state index contributed by atoms with van der Waals surface area (Å²) < 4.78 is 4.63. The molecule has 0 spiro atoms. The quantitative estimate of drug-likeness (QED) is 0.793. The van der Waals surface area contributed by atoms with E-state index in [-0.39, 0.29) is 5.97 Å². The monoisotopic (exact) mass is 230 g/mol. The third-order valence-corrected chi connectivity index (χ3v) is 2.45. The summed E-state index contributed by atoms with van der Waals surface area (Å²) >= 11 is 0. The van der Waals surface area contributed by atoms with Crippen LogP contribution in [0.3, 0.4) is 0 Å². The molecule has 1 aromatic heterocycles. The van der Waals surface area contributed by atoms with Gasteiger partial charge in [0, 0.05) is 17.6 Å². The third-order valence-electron chi connectivity index (χ3n) is 2.45. The van der Waals surface area contributed by atoms with Crippen LogP contribution in [0.15, 0.2) is 42.6 Å². The van der Waals surface area contributed by atoms with E-state index in [9.17, 15) is 4.79 Å². The summed E-state index contributed by atoms with van der Waals surface area (Å²) in [6, 6.07) is 11.2. The van der Waals surface area contributed by atoms with Crippen molar-refractivity contribution in [1.29, 1.82) is 0 Å². The standard InChI is InChI=1S/C13H14N2O2/c1-17-13(16)10-4-6-11(7-5-10)15-9-12-3-2-8-14-12/h2-8,14-15H,9H2,1H3. The molecule has 0 bridgehead atoms. The number of esters is 1. The average Bonchev–Trinajstić information content (AvgIpc) is 2.89. The average molecular weight is 230 g/mol. The van der Waals surface area contributed by atoms with Gasteiger partial charge in [-0.25, -0.2) is 4.79 Å². The molecule has 1 heterocycles. The molecular formula is C13H14N2O2. The lowest BCUT2D eigenvalue weighted by atomic mass is 10.2. The Kier molecular flexibility index (Phi) is 3.45. The van der Waals surface area contributed by atoms with Crippen molar-refractivity contribution in [3.05, 3.63) is 53.9 Å². The largest absolute Gasteiger partial charge is 0.465 e. The van der Waals surface area contributed by atoms with Crippen LogP contribution in [0.4, 0.5) is 5.69 Å². The van der Waals surface area contributed by atoms with Gasteiger partial charge in [0.1, 0.15) is 0 Å². The predicted molar refractivity (Wildman–Crippen MR) is 65.9 cm³/mol. The van der Waals surface area contributed by atoms with Gasteiger partial charge in [0.15, 0.2) is 0 Å². The summed E-state index contributed by atoms with van der Waals surface area (Å²) in [4.78, 5) is 14.3. The van der Waals surface area contributed by atoms with E-state index in [0.29, 0.717) is 5.56 Å². The molecule has 0 atom stereocenters. The van der Waals surface area contributed by atoms with Crippen molar-refractivity contribution >= 4 is 11.7 Å². The van der Waals surface area contributed by atoms with Crippen molar-refractivity contribution in [2.75, 3.05) is 12.4 Å². The normalized spacial score (nSPS) is 9.94. The van der Waals surface area contributed by atoms with E-state index in [1.165, 1.54) is 7.11 Å². The number of hydrogen-bond donors (Lipinski definition) is 2. The minimum absolute atomic E-state index is 0.319. The van der Waals surface area contributed by atoms with Crippen LogP contribution in [0.1, 0.15) is 16.1 Å². The Bertz CT molecular complexity index is 475. The van der Waals surface area contributed by atoms with Crippen LogP contribution in [0, 0.1) is 0 Å². The van der Waals surface area contributed by atoms with Crippen LogP contribution in [0.25, 0.3) is 0 Å². The van der Waals surface area contributed by atoms with Gasteiger partial charge in [-0.15, -0.1) is 0 Å². The maximum absolute atomic E-state index is 11.2. The van der Waals surface area contributed by atoms with Crippen molar-refractivity contribution in [2.45, 2.75) is 6.54 Å². The molecule has 17 heavy (non-hydrogen) atoms. The molecule has 0 saturated heterocycles. The first-order valence-corrected chi connectivity index (χ1v) is 5.34. The summed E-state index contributed by atoms with van der Waals surface area (Å²) in [5.74, 6) is -0.319. The number of benzene rings is 1. The van der Waals surface area contributed by atoms with E-state index < -0.39 is 0 Å². The summed E-state index contributed by atoms with van der Waals surface area (Å²) in [5.41, 5.74) is 2.63. The number of rotatable bonds is 4. The lowest BCUT2D eigenvalue weighted by Gasteiger charge is -2.05. The molecule has 0 aliphatic heterocycles. The van der Waals surface area contributed by atoms with E-state index >= 15 is 0 Å². The summed E-state index contributed by atoms with van der Waals surface area (Å²) in [5, 5.41) is 3.25. The minimum atomic E-state index is -0.319. The van der Waals surface area contributed by atoms with Gasteiger partial charge < -0.3 is 15.0 Å². The van der Waals surface area contributed by atoms with Gasteiger partial charge in [0.2, 0.25) is 0 Å². The minimum Gasteiger partial charge on any atom is -0.465 e. The van der Waals surface area contributed by atoms with E-state index in [0.717, 1.165) is 17.9 Å². The fraction of sp³-hybridized carbons (Fsp3) is 0.154. The van der Waals surface area contributed by atoms with Gasteiger partial charge in [0.05, 0.1) is 19.2 Å². The zero-order valence-corrected chi connectivity index (χ0v) is 9.57. The Balaban J connectivity index is 1.96. The fourth-order valence-electron chi connectivity index (χ4n) is 1.52. The lowest BCUT2D eigenvalue weighted by Crippen LogP contribution is -2.02. The van der Waals surface area contributed by atoms with Crippen molar-refractivity contribution in [3.8, 4) is 0 Å². The van der Waals surface area contributed by atoms with Gasteiger partial charge in [-0.05, 0) is 36.4 Å². The Labute approximate surface area is 99.6 Å². The molecule has 2 aromatic rings. The predicted octanol–water partition coefficient (Wildman–Crippen LogP) is 2.41. The summed E-state index contributed by atoms with van der Waals surface area (Å²) in [7, 11) is 1.37. The molecule has 0 unspecified atom stereocenters. The number of H-pyrrole nitrogens is 1. The zero-order valence-electron chi connectivity index (χ0n) is 9.57.